The predicted molar refractivity (Wildman–Crippen MR) is 114 cm³/mol. The Morgan fingerprint density at radius 3 is 2.30 bits per heavy atom. The van der Waals surface area contributed by atoms with Gasteiger partial charge in [-0.1, -0.05) is 20.8 Å². The van der Waals surface area contributed by atoms with Crippen LogP contribution in [0.15, 0.2) is 6.33 Å². The molecule has 184 valence electrons. The summed E-state index contributed by atoms with van der Waals surface area (Å²) in [5, 5.41) is 12.9. The van der Waals surface area contributed by atoms with Crippen LogP contribution in [0.2, 0.25) is 0 Å². The van der Waals surface area contributed by atoms with Crippen molar-refractivity contribution in [1.82, 2.24) is 14.9 Å². The molecule has 2 saturated heterocycles. The Bertz CT molecular complexity index is 940. The van der Waals surface area contributed by atoms with Crippen LogP contribution in [0.25, 0.3) is 0 Å². The number of fused-ring (bicyclic) bond motifs is 1. The van der Waals surface area contributed by atoms with Gasteiger partial charge in [0, 0.05) is 5.41 Å². The molecule has 0 bridgehead atoms. The molecule has 0 aromatic carbocycles. The number of rotatable bonds is 4. The van der Waals surface area contributed by atoms with Gasteiger partial charge < -0.3 is 24.1 Å². The highest BCUT2D eigenvalue weighted by molar-refractivity contribution is 6.06. The zero-order chi connectivity index (χ0) is 24.9. The Kier molecular flexibility index (Phi) is 6.37. The predicted octanol–water partition coefficient (Wildman–Crippen LogP) is 1.90. The second-order valence-corrected chi connectivity index (χ2v) is 10.8. The Hall–Kier alpha value is -2.50. The number of nitrogens with zero attached hydrogens (tertiary/aromatic N) is 2. The zero-order valence-electron chi connectivity index (χ0n) is 20.3. The summed E-state index contributed by atoms with van der Waals surface area (Å²) in [5.74, 6) is -3.15. The fourth-order valence-corrected chi connectivity index (χ4v) is 3.44. The Morgan fingerprint density at radius 2 is 1.73 bits per heavy atom. The number of carbonyl (C=O) groups excluding carboxylic acids is 3. The number of aromatic nitrogens is 2. The smallest absolute Gasteiger partial charge is 0.311 e. The van der Waals surface area contributed by atoms with Gasteiger partial charge in [-0.25, -0.2) is 4.98 Å². The molecule has 2 aliphatic rings. The second kappa shape index (κ2) is 8.37. The van der Waals surface area contributed by atoms with Crippen LogP contribution < -0.4 is 5.32 Å². The summed E-state index contributed by atoms with van der Waals surface area (Å²) >= 11 is 0. The molecule has 11 heteroatoms. The van der Waals surface area contributed by atoms with Gasteiger partial charge in [-0.05, 0) is 34.6 Å². The molecule has 33 heavy (non-hydrogen) atoms. The summed E-state index contributed by atoms with van der Waals surface area (Å²) in [5.41, 5.74) is -1.80. The standard InChI is InChI=1S/C22H33N3O8/c1-20(2,3)18(28)24-15(26)12-16(27)25(10-23-12)17-14-13(32-22(7,8)33-14)11(31-17)9-30-19(29)21(4,5)6/h10-11,13-14,17,27H,9H2,1-8H3,(H,24,26,28)/t11-,13?,14-,17-/m1/s1. The molecule has 2 amide bonds. The second-order valence-electron chi connectivity index (χ2n) is 10.8. The first kappa shape index (κ1) is 25.1. The van der Waals surface area contributed by atoms with Crippen molar-refractivity contribution >= 4 is 17.8 Å². The Balaban J connectivity index is 1.80. The number of carbonyl (C=O) groups is 3. The minimum absolute atomic E-state index is 0.0733. The van der Waals surface area contributed by atoms with Crippen LogP contribution in [0.5, 0.6) is 5.88 Å². The number of nitrogens with one attached hydrogen (secondary N) is 1. The fourth-order valence-electron chi connectivity index (χ4n) is 3.44. The molecule has 2 aliphatic heterocycles. The summed E-state index contributed by atoms with van der Waals surface area (Å²) in [6.07, 6.45) is -1.59. The van der Waals surface area contributed by atoms with E-state index in [2.05, 4.69) is 10.3 Å². The molecule has 0 spiro atoms. The summed E-state index contributed by atoms with van der Waals surface area (Å²) in [7, 11) is 0. The van der Waals surface area contributed by atoms with Crippen LogP contribution in [0.3, 0.4) is 0 Å². The van der Waals surface area contributed by atoms with Crippen molar-refractivity contribution in [2.75, 3.05) is 6.61 Å². The summed E-state index contributed by atoms with van der Waals surface area (Å²) in [6, 6.07) is 0. The third-order valence-electron chi connectivity index (χ3n) is 5.28. The van der Waals surface area contributed by atoms with Gasteiger partial charge in [0.1, 0.15) is 31.2 Å². The van der Waals surface area contributed by atoms with Crippen molar-refractivity contribution in [1.29, 1.82) is 0 Å². The van der Waals surface area contributed by atoms with E-state index < -0.39 is 64.8 Å². The van der Waals surface area contributed by atoms with E-state index in [-0.39, 0.29) is 12.3 Å². The third-order valence-corrected chi connectivity index (χ3v) is 5.28. The third kappa shape index (κ3) is 5.20. The highest BCUT2D eigenvalue weighted by Crippen LogP contribution is 2.44. The molecule has 2 fully saturated rings. The summed E-state index contributed by atoms with van der Waals surface area (Å²) in [6.45, 7) is 13.6. The number of imidazole rings is 1. The Labute approximate surface area is 192 Å². The molecule has 4 atom stereocenters. The first-order valence-electron chi connectivity index (χ1n) is 10.8. The number of hydrogen-bond acceptors (Lipinski definition) is 9. The zero-order valence-corrected chi connectivity index (χ0v) is 20.3. The molecule has 11 nitrogen and oxygen atoms in total. The number of hydrogen-bond donors (Lipinski definition) is 2. The molecular weight excluding hydrogens is 434 g/mol. The van der Waals surface area contributed by atoms with E-state index in [1.54, 1.807) is 55.4 Å². The van der Waals surface area contributed by atoms with E-state index in [0.717, 1.165) is 0 Å². The van der Waals surface area contributed by atoms with E-state index >= 15 is 0 Å². The van der Waals surface area contributed by atoms with Gasteiger partial charge in [0.25, 0.3) is 5.91 Å². The number of amides is 2. The molecule has 0 aliphatic carbocycles. The lowest BCUT2D eigenvalue weighted by atomic mass is 9.96. The molecule has 1 aromatic rings. The van der Waals surface area contributed by atoms with Gasteiger partial charge in [-0.2, -0.15) is 0 Å². The highest BCUT2D eigenvalue weighted by atomic mass is 16.8. The van der Waals surface area contributed by atoms with Crippen molar-refractivity contribution in [3.8, 4) is 5.88 Å². The topological polar surface area (TPSA) is 138 Å². The van der Waals surface area contributed by atoms with Gasteiger partial charge in [-0.3, -0.25) is 24.3 Å². The maximum absolute atomic E-state index is 12.5. The van der Waals surface area contributed by atoms with E-state index in [0.29, 0.717) is 0 Å². The van der Waals surface area contributed by atoms with Crippen LogP contribution in [0, 0.1) is 10.8 Å². The molecule has 3 heterocycles. The minimum atomic E-state index is -0.931. The van der Waals surface area contributed by atoms with Gasteiger partial charge in [0.2, 0.25) is 11.8 Å². The van der Waals surface area contributed by atoms with Gasteiger partial charge in [0.15, 0.2) is 17.7 Å². The van der Waals surface area contributed by atoms with Crippen LogP contribution >= 0.6 is 0 Å². The van der Waals surface area contributed by atoms with Gasteiger partial charge >= 0.3 is 5.97 Å². The molecular formula is C22H33N3O8. The SMILES string of the molecule is CC1(C)OC2[C@@H](O1)[C@H](n1cnc(C(=O)NC(=O)C(C)(C)C)c1O)O[C@@H]2COC(=O)C(C)(C)C. The normalized spacial score (nSPS) is 26.7. The average molecular weight is 468 g/mol. The minimum Gasteiger partial charge on any atom is -0.493 e. The van der Waals surface area contributed by atoms with Crippen molar-refractivity contribution in [3.63, 3.8) is 0 Å². The van der Waals surface area contributed by atoms with Crippen molar-refractivity contribution in [2.45, 2.75) is 85.7 Å². The molecule has 0 saturated carbocycles. The fraction of sp³-hybridized carbons (Fsp3) is 0.727. The quantitative estimate of drug-likeness (QED) is 0.636. The summed E-state index contributed by atoms with van der Waals surface area (Å²) < 4.78 is 24.6. The number of imide groups is 1. The first-order chi connectivity index (χ1) is 15.0. The number of aromatic hydroxyl groups is 1. The van der Waals surface area contributed by atoms with E-state index in [4.69, 9.17) is 18.9 Å². The van der Waals surface area contributed by atoms with Gasteiger partial charge in [0.05, 0.1) is 5.41 Å². The number of esters is 1. The van der Waals surface area contributed by atoms with Crippen LogP contribution in [0.1, 0.15) is 72.1 Å². The van der Waals surface area contributed by atoms with Crippen molar-refractivity contribution in [2.24, 2.45) is 10.8 Å². The lowest BCUT2D eigenvalue weighted by molar-refractivity contribution is -0.203. The Morgan fingerprint density at radius 1 is 1.12 bits per heavy atom. The van der Waals surface area contributed by atoms with Crippen LogP contribution in [0.4, 0.5) is 0 Å². The van der Waals surface area contributed by atoms with Gasteiger partial charge in [-0.15, -0.1) is 0 Å². The lowest BCUT2D eigenvalue weighted by Crippen LogP contribution is -2.39. The summed E-state index contributed by atoms with van der Waals surface area (Å²) in [4.78, 5) is 40.8. The van der Waals surface area contributed by atoms with Crippen molar-refractivity contribution < 1.29 is 38.4 Å². The van der Waals surface area contributed by atoms with Crippen LogP contribution in [-0.4, -0.2) is 63.1 Å². The molecule has 3 rings (SSSR count). The molecule has 1 unspecified atom stereocenters. The van der Waals surface area contributed by atoms with Crippen LogP contribution in [-0.2, 0) is 28.5 Å². The first-order valence-corrected chi connectivity index (χ1v) is 10.8. The largest absolute Gasteiger partial charge is 0.493 e. The lowest BCUT2D eigenvalue weighted by Gasteiger charge is -2.25. The highest BCUT2D eigenvalue weighted by Gasteiger charge is 2.56. The van der Waals surface area contributed by atoms with E-state index in [1.165, 1.54) is 10.9 Å². The molecule has 0 radical (unpaired) electrons. The maximum Gasteiger partial charge on any atom is 0.311 e. The van der Waals surface area contributed by atoms with E-state index in [1.807, 2.05) is 0 Å². The maximum atomic E-state index is 12.5. The van der Waals surface area contributed by atoms with Crippen molar-refractivity contribution in [3.05, 3.63) is 12.0 Å². The van der Waals surface area contributed by atoms with E-state index in [9.17, 15) is 19.5 Å². The molecule has 1 aromatic heterocycles. The number of ether oxygens (including phenoxy) is 4. The molecule has 2 N–H and O–H groups in total. The monoisotopic (exact) mass is 467 g/mol. The average Bonchev–Trinajstić information content (AvgIpc) is 3.28.